The minimum Gasteiger partial charge on any atom is -0.475 e. The first-order valence-electron chi connectivity index (χ1n) is 6.11. The van der Waals surface area contributed by atoms with Crippen molar-refractivity contribution in [2.24, 2.45) is 7.05 Å². The van der Waals surface area contributed by atoms with Gasteiger partial charge in [0.2, 0.25) is 5.76 Å². The Morgan fingerprint density at radius 1 is 1.24 bits per heavy atom. The van der Waals surface area contributed by atoms with Crippen LogP contribution in [0.2, 0.25) is 0 Å². The van der Waals surface area contributed by atoms with E-state index < -0.39 is 5.97 Å². The number of benzene rings is 1. The van der Waals surface area contributed by atoms with E-state index in [9.17, 15) is 9.59 Å². The van der Waals surface area contributed by atoms with Gasteiger partial charge in [-0.25, -0.2) is 9.59 Å². The van der Waals surface area contributed by atoms with Crippen LogP contribution in [0.1, 0.15) is 10.6 Å². The first kappa shape index (κ1) is 12.9. The summed E-state index contributed by atoms with van der Waals surface area (Å²) in [5, 5.41) is 12.5. The molecule has 7 nitrogen and oxygen atoms in total. The molecule has 2 heterocycles. The van der Waals surface area contributed by atoms with Crippen LogP contribution in [0.5, 0.6) is 0 Å². The van der Waals surface area contributed by atoms with Gasteiger partial charge in [0.1, 0.15) is 5.69 Å². The van der Waals surface area contributed by atoms with Crippen molar-refractivity contribution in [1.29, 1.82) is 0 Å². The number of aromatic nitrogens is 3. The Hall–Kier alpha value is -3.09. The van der Waals surface area contributed by atoms with E-state index in [1.165, 1.54) is 15.2 Å². The number of hydrogen-bond acceptors (Lipinski definition) is 4. The standard InChI is InChI=1S/C14H11N3O4/c1-16-6-7-17(14(16)20)10-4-2-9(3-5-10)11-8-12(13(18)19)21-15-11/h2-8H,1H3,(H,18,19). The molecule has 106 valence electrons. The molecule has 0 amide bonds. The van der Waals surface area contributed by atoms with E-state index >= 15 is 0 Å². The van der Waals surface area contributed by atoms with Crippen LogP contribution in [0.25, 0.3) is 16.9 Å². The summed E-state index contributed by atoms with van der Waals surface area (Å²) in [5.41, 5.74) is 1.71. The molecule has 7 heteroatoms. The number of rotatable bonds is 3. The minimum absolute atomic E-state index is 0.141. The van der Waals surface area contributed by atoms with Gasteiger partial charge in [-0.05, 0) is 12.1 Å². The van der Waals surface area contributed by atoms with Crippen molar-refractivity contribution < 1.29 is 14.4 Å². The number of aryl methyl sites for hydroxylation is 1. The fourth-order valence-corrected chi connectivity index (χ4v) is 1.97. The number of imidazole rings is 1. The first-order chi connectivity index (χ1) is 10.1. The van der Waals surface area contributed by atoms with E-state index in [2.05, 4.69) is 5.16 Å². The lowest BCUT2D eigenvalue weighted by atomic mass is 10.1. The highest BCUT2D eigenvalue weighted by atomic mass is 16.5. The molecule has 1 aromatic carbocycles. The van der Waals surface area contributed by atoms with Gasteiger partial charge in [-0.1, -0.05) is 17.3 Å². The Balaban J connectivity index is 1.95. The molecule has 0 aliphatic carbocycles. The van der Waals surface area contributed by atoms with Crippen LogP contribution in [0.3, 0.4) is 0 Å². The third-order valence-electron chi connectivity index (χ3n) is 3.11. The highest BCUT2D eigenvalue weighted by Gasteiger charge is 2.12. The number of carboxylic acid groups (broad SMARTS) is 1. The Labute approximate surface area is 118 Å². The number of carbonyl (C=O) groups is 1. The summed E-state index contributed by atoms with van der Waals surface area (Å²) in [6, 6.07) is 8.36. The Morgan fingerprint density at radius 3 is 2.48 bits per heavy atom. The average Bonchev–Trinajstić information content (AvgIpc) is 3.08. The van der Waals surface area contributed by atoms with Gasteiger partial charge in [0.05, 0.1) is 5.69 Å². The van der Waals surface area contributed by atoms with Crippen LogP contribution in [0.4, 0.5) is 0 Å². The maximum Gasteiger partial charge on any atom is 0.374 e. The first-order valence-corrected chi connectivity index (χ1v) is 6.11. The molecule has 3 rings (SSSR count). The van der Waals surface area contributed by atoms with E-state index in [0.29, 0.717) is 16.9 Å². The fraction of sp³-hybridized carbons (Fsp3) is 0.0714. The molecule has 0 radical (unpaired) electrons. The monoisotopic (exact) mass is 285 g/mol. The molecular formula is C14H11N3O4. The van der Waals surface area contributed by atoms with Crippen LogP contribution in [0.15, 0.2) is 52.0 Å². The molecule has 1 N–H and O–H groups in total. The van der Waals surface area contributed by atoms with Gasteiger partial charge in [0.15, 0.2) is 0 Å². The molecule has 0 saturated carbocycles. The predicted octanol–water partition coefficient (Wildman–Crippen LogP) is 1.53. The van der Waals surface area contributed by atoms with Gasteiger partial charge in [0.25, 0.3) is 0 Å². The van der Waals surface area contributed by atoms with E-state index in [0.717, 1.165) is 0 Å². The smallest absolute Gasteiger partial charge is 0.374 e. The molecule has 0 aliphatic rings. The zero-order valence-corrected chi connectivity index (χ0v) is 11.1. The number of nitrogens with zero attached hydrogens (tertiary/aromatic N) is 3. The summed E-state index contributed by atoms with van der Waals surface area (Å²) in [5.74, 6) is -1.38. The third kappa shape index (κ3) is 2.25. The van der Waals surface area contributed by atoms with Crippen molar-refractivity contribution in [2.75, 3.05) is 0 Å². The van der Waals surface area contributed by atoms with Crippen molar-refractivity contribution in [2.45, 2.75) is 0 Å². The van der Waals surface area contributed by atoms with Crippen LogP contribution in [-0.4, -0.2) is 25.4 Å². The molecule has 0 fully saturated rings. The van der Waals surface area contributed by atoms with E-state index in [1.54, 1.807) is 43.7 Å². The number of aromatic carboxylic acids is 1. The zero-order chi connectivity index (χ0) is 15.0. The van der Waals surface area contributed by atoms with Crippen LogP contribution in [0, 0.1) is 0 Å². The maximum absolute atomic E-state index is 11.8. The van der Waals surface area contributed by atoms with E-state index in [1.807, 2.05) is 0 Å². The van der Waals surface area contributed by atoms with Gasteiger partial charge in [-0.2, -0.15) is 0 Å². The molecule has 21 heavy (non-hydrogen) atoms. The normalized spacial score (nSPS) is 10.7. The maximum atomic E-state index is 11.8. The Bertz CT molecular complexity index is 855. The second-order valence-corrected chi connectivity index (χ2v) is 4.49. The van der Waals surface area contributed by atoms with Crippen LogP contribution >= 0.6 is 0 Å². The predicted molar refractivity (Wildman–Crippen MR) is 73.5 cm³/mol. The molecule has 3 aromatic rings. The van der Waals surface area contributed by atoms with Crippen molar-refractivity contribution in [1.82, 2.24) is 14.3 Å². The number of carboxylic acids is 1. The molecule has 0 unspecified atom stereocenters. The van der Waals surface area contributed by atoms with Crippen molar-refractivity contribution in [3.8, 4) is 16.9 Å². The lowest BCUT2D eigenvalue weighted by Crippen LogP contribution is -2.20. The Kier molecular flexibility index (Phi) is 2.94. The molecule has 2 aromatic heterocycles. The Morgan fingerprint density at radius 2 is 1.95 bits per heavy atom. The second-order valence-electron chi connectivity index (χ2n) is 4.49. The SMILES string of the molecule is Cn1ccn(-c2ccc(-c3cc(C(=O)O)on3)cc2)c1=O. The second kappa shape index (κ2) is 4.78. The summed E-state index contributed by atoms with van der Waals surface area (Å²) in [6.45, 7) is 0. The van der Waals surface area contributed by atoms with Crippen molar-refractivity contribution in [3.63, 3.8) is 0 Å². The van der Waals surface area contributed by atoms with Gasteiger partial charge in [-0.15, -0.1) is 0 Å². The van der Waals surface area contributed by atoms with Crippen LogP contribution in [-0.2, 0) is 7.05 Å². The van der Waals surface area contributed by atoms with Crippen LogP contribution < -0.4 is 5.69 Å². The average molecular weight is 285 g/mol. The van der Waals surface area contributed by atoms with E-state index in [-0.39, 0.29) is 11.4 Å². The topological polar surface area (TPSA) is 90.3 Å². The van der Waals surface area contributed by atoms with Gasteiger partial charge in [-0.3, -0.25) is 4.57 Å². The summed E-state index contributed by atoms with van der Waals surface area (Å²) >= 11 is 0. The number of hydrogen-bond donors (Lipinski definition) is 1. The fourth-order valence-electron chi connectivity index (χ4n) is 1.97. The molecule has 0 bridgehead atoms. The highest BCUT2D eigenvalue weighted by molar-refractivity contribution is 5.85. The van der Waals surface area contributed by atoms with Gasteiger partial charge in [0, 0.05) is 31.1 Å². The molecule has 0 saturated heterocycles. The summed E-state index contributed by atoms with van der Waals surface area (Å²) < 4.78 is 7.70. The van der Waals surface area contributed by atoms with Crippen molar-refractivity contribution in [3.05, 3.63) is 59.0 Å². The zero-order valence-electron chi connectivity index (χ0n) is 11.1. The molecule has 0 atom stereocenters. The quantitative estimate of drug-likeness (QED) is 0.788. The largest absolute Gasteiger partial charge is 0.475 e. The summed E-state index contributed by atoms with van der Waals surface area (Å²) in [7, 11) is 1.68. The van der Waals surface area contributed by atoms with Crippen molar-refractivity contribution >= 4 is 5.97 Å². The van der Waals surface area contributed by atoms with E-state index in [4.69, 9.17) is 9.63 Å². The lowest BCUT2D eigenvalue weighted by molar-refractivity contribution is 0.0652. The van der Waals surface area contributed by atoms with Gasteiger partial charge < -0.3 is 14.2 Å². The van der Waals surface area contributed by atoms with Gasteiger partial charge >= 0.3 is 11.7 Å². The highest BCUT2D eigenvalue weighted by Crippen LogP contribution is 2.20. The minimum atomic E-state index is -1.17. The molecule has 0 spiro atoms. The molecular weight excluding hydrogens is 274 g/mol. The summed E-state index contributed by atoms with van der Waals surface area (Å²) in [6.07, 6.45) is 3.35. The summed E-state index contributed by atoms with van der Waals surface area (Å²) in [4.78, 5) is 22.6. The molecule has 0 aliphatic heterocycles. The lowest BCUT2D eigenvalue weighted by Gasteiger charge is -2.02. The third-order valence-corrected chi connectivity index (χ3v) is 3.11.